The zero-order valence-corrected chi connectivity index (χ0v) is 49.2. The van der Waals surface area contributed by atoms with Gasteiger partial charge in [-0.05, 0) is 70.6 Å². The molecule has 0 radical (unpaired) electrons. The van der Waals surface area contributed by atoms with Crippen molar-refractivity contribution in [1.82, 2.24) is 0 Å². The third kappa shape index (κ3) is 60.4. The summed E-state index contributed by atoms with van der Waals surface area (Å²) in [6, 6.07) is 0. The zero-order valence-electron chi connectivity index (χ0n) is 49.2. The lowest BCUT2D eigenvalue weighted by Gasteiger charge is -2.18. The first kappa shape index (κ1) is 70.6. The number of esters is 3. The summed E-state index contributed by atoms with van der Waals surface area (Å²) in [6.45, 7) is 6.63. The van der Waals surface area contributed by atoms with Crippen molar-refractivity contribution in [1.29, 1.82) is 0 Å². The van der Waals surface area contributed by atoms with Crippen LogP contribution in [0.2, 0.25) is 0 Å². The van der Waals surface area contributed by atoms with Crippen LogP contribution in [-0.2, 0) is 28.6 Å². The lowest BCUT2D eigenvalue weighted by Crippen LogP contribution is -2.30. The molecule has 1 atom stereocenters. The Labute approximate surface area is 455 Å². The number of hydrogen-bond donors (Lipinski definition) is 0. The van der Waals surface area contributed by atoms with E-state index in [4.69, 9.17) is 14.2 Å². The molecular weight excluding hydrogens is 901 g/mol. The van der Waals surface area contributed by atoms with Crippen LogP contribution in [0.3, 0.4) is 0 Å². The van der Waals surface area contributed by atoms with E-state index in [0.717, 1.165) is 70.6 Å². The molecule has 0 aliphatic rings. The molecule has 0 aromatic rings. The van der Waals surface area contributed by atoms with E-state index in [1.165, 1.54) is 244 Å². The van der Waals surface area contributed by atoms with E-state index in [-0.39, 0.29) is 31.1 Å². The number of unbranched alkanes of at least 4 members (excludes halogenated alkanes) is 43. The summed E-state index contributed by atoms with van der Waals surface area (Å²) in [4.78, 5) is 38.1. The maximum Gasteiger partial charge on any atom is 0.306 e. The first-order chi connectivity index (χ1) is 36.0. The normalized spacial score (nSPS) is 12.2. The molecule has 428 valence electrons. The van der Waals surface area contributed by atoms with Crippen LogP contribution in [0, 0.1) is 0 Å². The summed E-state index contributed by atoms with van der Waals surface area (Å²) in [5, 5.41) is 0. The van der Waals surface area contributed by atoms with Crippen LogP contribution in [0.25, 0.3) is 0 Å². The van der Waals surface area contributed by atoms with Crippen molar-refractivity contribution in [3.63, 3.8) is 0 Å². The third-order valence-electron chi connectivity index (χ3n) is 14.6. The molecule has 6 heteroatoms. The van der Waals surface area contributed by atoms with Gasteiger partial charge >= 0.3 is 17.9 Å². The molecule has 6 nitrogen and oxygen atoms in total. The molecule has 0 N–H and O–H groups in total. The Bertz CT molecular complexity index is 1220. The molecule has 73 heavy (non-hydrogen) atoms. The fraction of sp³-hybridized carbons (Fsp3) is 0.866. The van der Waals surface area contributed by atoms with Gasteiger partial charge in [-0.25, -0.2) is 0 Å². The highest BCUT2D eigenvalue weighted by atomic mass is 16.6. The van der Waals surface area contributed by atoms with Gasteiger partial charge in [-0.1, -0.05) is 301 Å². The maximum atomic E-state index is 12.8. The van der Waals surface area contributed by atoms with Crippen molar-refractivity contribution >= 4 is 17.9 Å². The Morgan fingerprint density at radius 2 is 0.507 bits per heavy atom. The molecule has 0 aromatic heterocycles. The van der Waals surface area contributed by atoms with Crippen LogP contribution >= 0.6 is 0 Å². The molecule has 0 aromatic carbocycles. The lowest BCUT2D eigenvalue weighted by atomic mass is 10.0. The highest BCUT2D eigenvalue weighted by Gasteiger charge is 2.19. The van der Waals surface area contributed by atoms with Crippen molar-refractivity contribution in [3.8, 4) is 0 Å². The van der Waals surface area contributed by atoms with Gasteiger partial charge in [-0.15, -0.1) is 0 Å². The van der Waals surface area contributed by atoms with Gasteiger partial charge < -0.3 is 14.2 Å². The van der Waals surface area contributed by atoms with E-state index < -0.39 is 6.10 Å². The fourth-order valence-corrected chi connectivity index (χ4v) is 9.69. The second-order valence-electron chi connectivity index (χ2n) is 22.0. The van der Waals surface area contributed by atoms with Gasteiger partial charge in [0.2, 0.25) is 0 Å². The molecule has 0 heterocycles. The van der Waals surface area contributed by atoms with Gasteiger partial charge in [0.15, 0.2) is 6.10 Å². The Morgan fingerprint density at radius 3 is 0.808 bits per heavy atom. The number of rotatable bonds is 60. The topological polar surface area (TPSA) is 78.9 Å². The van der Waals surface area contributed by atoms with Gasteiger partial charge in [-0.3, -0.25) is 14.4 Å². The maximum absolute atomic E-state index is 12.8. The Morgan fingerprint density at radius 1 is 0.274 bits per heavy atom. The van der Waals surface area contributed by atoms with E-state index in [1.54, 1.807) is 0 Å². The standard InChI is InChI=1S/C67H124O6/c1-4-7-10-13-16-19-22-24-25-26-27-28-29-30-31-32-33-34-35-36-37-38-39-40-41-43-45-48-51-54-57-60-66(69)72-63-64(62-71-65(68)59-56-53-50-47-44-21-18-15-12-9-6-3)73-67(70)61-58-55-52-49-46-42-23-20-17-14-11-8-5-2/h15,18,22,24,26-27,64H,4-14,16-17,19-21,23,25,28-63H2,1-3H3/b18-15-,24-22-,27-26-. The summed E-state index contributed by atoms with van der Waals surface area (Å²) < 4.78 is 16.9. The molecule has 0 saturated heterocycles. The number of hydrogen-bond acceptors (Lipinski definition) is 6. The summed E-state index contributed by atoms with van der Waals surface area (Å²) in [7, 11) is 0. The second-order valence-corrected chi connectivity index (χ2v) is 22.0. The van der Waals surface area contributed by atoms with E-state index in [1.807, 2.05) is 0 Å². The quantitative estimate of drug-likeness (QED) is 0.0261. The second kappa shape index (κ2) is 62.2. The molecule has 0 spiro atoms. The molecule has 1 unspecified atom stereocenters. The SMILES string of the molecule is CCCC/C=C\CCCCCCCC(=O)OCC(COC(=O)CCCCCCCCCCCCCCCCCCCCC/C=C\C/C=C\CCCCCCC)OC(=O)CCCCCCCCCCCCCCC. The zero-order chi connectivity index (χ0) is 52.9. The van der Waals surface area contributed by atoms with Gasteiger partial charge in [0.1, 0.15) is 13.2 Å². The minimum Gasteiger partial charge on any atom is -0.462 e. The van der Waals surface area contributed by atoms with Crippen molar-refractivity contribution in [2.75, 3.05) is 13.2 Å². The summed E-state index contributed by atoms with van der Waals surface area (Å²) in [5.74, 6) is -0.858. The van der Waals surface area contributed by atoms with Gasteiger partial charge in [0.05, 0.1) is 0 Å². The monoisotopic (exact) mass is 1020 g/mol. The van der Waals surface area contributed by atoms with Crippen molar-refractivity contribution < 1.29 is 28.6 Å². The van der Waals surface area contributed by atoms with Crippen molar-refractivity contribution in [3.05, 3.63) is 36.5 Å². The van der Waals surface area contributed by atoms with Crippen LogP contribution in [0.5, 0.6) is 0 Å². The highest BCUT2D eigenvalue weighted by Crippen LogP contribution is 2.18. The number of ether oxygens (including phenoxy) is 3. The molecule has 0 rings (SSSR count). The number of carbonyl (C=O) groups is 3. The largest absolute Gasteiger partial charge is 0.462 e. The first-order valence-electron chi connectivity index (χ1n) is 32.5. The van der Waals surface area contributed by atoms with Crippen LogP contribution < -0.4 is 0 Å². The Balaban J connectivity index is 4.06. The molecular formula is C67H124O6. The van der Waals surface area contributed by atoms with Crippen molar-refractivity contribution in [2.24, 2.45) is 0 Å². The predicted octanol–water partition coefficient (Wildman–Crippen LogP) is 22.0. The average molecular weight is 1030 g/mol. The Hall–Kier alpha value is -2.37. The average Bonchev–Trinajstić information content (AvgIpc) is 3.39. The van der Waals surface area contributed by atoms with Gasteiger partial charge in [-0.2, -0.15) is 0 Å². The molecule has 0 aliphatic carbocycles. The number of allylic oxidation sites excluding steroid dienone is 6. The van der Waals surface area contributed by atoms with Crippen LogP contribution in [0.15, 0.2) is 36.5 Å². The molecule has 0 fully saturated rings. The third-order valence-corrected chi connectivity index (χ3v) is 14.6. The number of carbonyl (C=O) groups excluding carboxylic acids is 3. The minimum absolute atomic E-state index is 0.0693. The van der Waals surface area contributed by atoms with Gasteiger partial charge in [0.25, 0.3) is 0 Å². The Kier molecular flexibility index (Phi) is 60.2. The smallest absolute Gasteiger partial charge is 0.306 e. The van der Waals surface area contributed by atoms with Crippen molar-refractivity contribution in [2.45, 2.75) is 361 Å². The minimum atomic E-state index is -0.770. The van der Waals surface area contributed by atoms with Crippen LogP contribution in [0.4, 0.5) is 0 Å². The first-order valence-corrected chi connectivity index (χ1v) is 32.5. The van der Waals surface area contributed by atoms with E-state index >= 15 is 0 Å². The molecule has 0 amide bonds. The molecule has 0 aliphatic heterocycles. The predicted molar refractivity (Wildman–Crippen MR) is 316 cm³/mol. The van der Waals surface area contributed by atoms with Crippen LogP contribution in [0.1, 0.15) is 355 Å². The van der Waals surface area contributed by atoms with E-state index in [0.29, 0.717) is 19.3 Å². The van der Waals surface area contributed by atoms with E-state index in [9.17, 15) is 14.4 Å². The fourth-order valence-electron chi connectivity index (χ4n) is 9.69. The molecule has 0 saturated carbocycles. The molecule has 0 bridgehead atoms. The van der Waals surface area contributed by atoms with Gasteiger partial charge in [0, 0.05) is 19.3 Å². The van der Waals surface area contributed by atoms with Crippen LogP contribution in [-0.4, -0.2) is 37.2 Å². The summed E-state index contributed by atoms with van der Waals surface area (Å²) in [6.07, 6.45) is 76.0. The lowest BCUT2D eigenvalue weighted by molar-refractivity contribution is -0.167. The highest BCUT2D eigenvalue weighted by molar-refractivity contribution is 5.71. The summed E-state index contributed by atoms with van der Waals surface area (Å²) >= 11 is 0. The summed E-state index contributed by atoms with van der Waals surface area (Å²) in [5.41, 5.74) is 0. The van der Waals surface area contributed by atoms with E-state index in [2.05, 4.69) is 57.2 Å².